The van der Waals surface area contributed by atoms with Gasteiger partial charge in [-0.1, -0.05) is 32.9 Å². The minimum Gasteiger partial charge on any atom is -0.452 e. The molecule has 1 heterocycles. The Labute approximate surface area is 149 Å². The second kappa shape index (κ2) is 7.99. The Kier molecular flexibility index (Phi) is 6.21. The fourth-order valence-corrected chi connectivity index (χ4v) is 4.31. The summed E-state index contributed by atoms with van der Waals surface area (Å²) in [5.41, 5.74) is -0.0301. The van der Waals surface area contributed by atoms with Gasteiger partial charge in [-0.3, -0.25) is 4.79 Å². The molecule has 1 aromatic rings. The molecule has 1 aliphatic rings. The first-order valence-electron chi connectivity index (χ1n) is 8.51. The largest absolute Gasteiger partial charge is 0.452 e. The van der Waals surface area contributed by atoms with E-state index in [2.05, 4.69) is 13.8 Å². The van der Waals surface area contributed by atoms with E-state index in [9.17, 15) is 18.0 Å². The van der Waals surface area contributed by atoms with Gasteiger partial charge in [-0.15, -0.1) is 0 Å². The van der Waals surface area contributed by atoms with Crippen molar-refractivity contribution in [2.24, 2.45) is 11.8 Å². The van der Waals surface area contributed by atoms with Crippen LogP contribution in [0.2, 0.25) is 0 Å². The van der Waals surface area contributed by atoms with Crippen LogP contribution in [0.3, 0.4) is 0 Å². The maximum absolute atomic E-state index is 12.3. The highest BCUT2D eigenvalue weighted by atomic mass is 32.2. The molecule has 0 bridgehead atoms. The first-order chi connectivity index (χ1) is 11.7. The van der Waals surface area contributed by atoms with Crippen molar-refractivity contribution in [3.8, 4) is 0 Å². The lowest BCUT2D eigenvalue weighted by Crippen LogP contribution is -2.44. The van der Waals surface area contributed by atoms with E-state index in [1.54, 1.807) is 17.0 Å². The van der Waals surface area contributed by atoms with Gasteiger partial charge in [0.15, 0.2) is 16.4 Å². The summed E-state index contributed by atoms with van der Waals surface area (Å²) in [7, 11) is -3.54. The van der Waals surface area contributed by atoms with Gasteiger partial charge >= 0.3 is 5.97 Å². The summed E-state index contributed by atoms with van der Waals surface area (Å²) in [6, 6.07) is 5.91. The van der Waals surface area contributed by atoms with Crippen LogP contribution >= 0.6 is 0 Å². The second-order valence-corrected chi connectivity index (χ2v) is 8.97. The number of sulfone groups is 1. The highest BCUT2D eigenvalue weighted by Crippen LogP contribution is 2.21. The molecule has 1 aromatic carbocycles. The summed E-state index contributed by atoms with van der Waals surface area (Å²) in [6.07, 6.45) is 1.08. The third-order valence-electron chi connectivity index (χ3n) is 4.37. The Balaban J connectivity index is 2.05. The summed E-state index contributed by atoms with van der Waals surface area (Å²) in [6.45, 7) is 6.63. The number of rotatable bonds is 5. The standard InChI is InChI=1S/C18H25NO5S/c1-4-25(22,23)16-8-6-5-7-15(16)18(21)24-12-17(20)19-10-13(2)9-14(3)11-19/h5-8,13-14H,4,9-12H2,1-3H3/t13-,14-/m0/s1. The number of carbonyl (C=O) groups excluding carboxylic acids is 2. The lowest BCUT2D eigenvalue weighted by Gasteiger charge is -2.34. The normalized spacial score (nSPS) is 21.0. The van der Waals surface area contributed by atoms with Gasteiger partial charge in [-0.25, -0.2) is 13.2 Å². The van der Waals surface area contributed by atoms with Gasteiger partial charge in [0.1, 0.15) is 0 Å². The van der Waals surface area contributed by atoms with Crippen LogP contribution < -0.4 is 0 Å². The van der Waals surface area contributed by atoms with E-state index in [4.69, 9.17) is 4.74 Å². The van der Waals surface area contributed by atoms with Crippen molar-refractivity contribution in [3.63, 3.8) is 0 Å². The fourth-order valence-electron chi connectivity index (χ4n) is 3.22. The molecule has 1 saturated heterocycles. The number of likely N-dealkylation sites (tertiary alicyclic amines) is 1. The number of esters is 1. The number of hydrogen-bond donors (Lipinski definition) is 0. The Bertz CT molecular complexity index is 734. The number of ether oxygens (including phenoxy) is 1. The SMILES string of the molecule is CCS(=O)(=O)c1ccccc1C(=O)OCC(=O)N1C[C@@H](C)C[C@H](C)C1. The van der Waals surface area contributed by atoms with Crippen molar-refractivity contribution in [2.45, 2.75) is 32.1 Å². The molecule has 0 N–H and O–H groups in total. The van der Waals surface area contributed by atoms with E-state index >= 15 is 0 Å². The van der Waals surface area contributed by atoms with Crippen LogP contribution in [0.15, 0.2) is 29.2 Å². The predicted molar refractivity (Wildman–Crippen MR) is 94.0 cm³/mol. The lowest BCUT2D eigenvalue weighted by atomic mass is 9.92. The van der Waals surface area contributed by atoms with Crippen LogP contribution in [0, 0.1) is 11.8 Å². The van der Waals surface area contributed by atoms with E-state index in [1.807, 2.05) is 0 Å². The van der Waals surface area contributed by atoms with Gasteiger partial charge in [0, 0.05) is 13.1 Å². The second-order valence-electron chi connectivity index (χ2n) is 6.72. The molecular formula is C18H25NO5S. The van der Waals surface area contributed by atoms with Crippen molar-refractivity contribution in [1.29, 1.82) is 0 Å². The van der Waals surface area contributed by atoms with Crippen LogP contribution in [0.1, 0.15) is 37.6 Å². The van der Waals surface area contributed by atoms with E-state index in [-0.39, 0.29) is 28.7 Å². The van der Waals surface area contributed by atoms with E-state index in [1.165, 1.54) is 19.1 Å². The molecule has 0 unspecified atom stereocenters. The van der Waals surface area contributed by atoms with E-state index in [0.717, 1.165) is 6.42 Å². The summed E-state index contributed by atoms with van der Waals surface area (Å²) in [5.74, 6) is -0.320. The van der Waals surface area contributed by atoms with Gasteiger partial charge < -0.3 is 9.64 Å². The van der Waals surface area contributed by atoms with E-state index < -0.39 is 15.8 Å². The third-order valence-corrected chi connectivity index (χ3v) is 6.16. The summed E-state index contributed by atoms with van der Waals surface area (Å²) < 4.78 is 29.3. The number of amides is 1. The minimum atomic E-state index is -3.54. The monoisotopic (exact) mass is 367 g/mol. The molecule has 0 aliphatic carbocycles. The minimum absolute atomic E-state index is 0.0301. The molecule has 0 spiro atoms. The van der Waals surface area contributed by atoms with Gasteiger partial charge in [-0.2, -0.15) is 0 Å². The molecular weight excluding hydrogens is 342 g/mol. The molecule has 0 saturated carbocycles. The summed E-state index contributed by atoms with van der Waals surface area (Å²) in [4.78, 5) is 26.2. The zero-order valence-corrected chi connectivity index (χ0v) is 15.7. The first kappa shape index (κ1) is 19.4. The van der Waals surface area contributed by atoms with Gasteiger partial charge in [0.05, 0.1) is 16.2 Å². The maximum Gasteiger partial charge on any atom is 0.339 e. The Morgan fingerprint density at radius 2 is 1.76 bits per heavy atom. The number of nitrogens with zero attached hydrogens (tertiary/aromatic N) is 1. The van der Waals surface area contributed by atoms with Crippen LogP contribution in [0.5, 0.6) is 0 Å². The molecule has 0 aromatic heterocycles. The number of carbonyl (C=O) groups is 2. The van der Waals surface area contributed by atoms with Crippen molar-refractivity contribution in [3.05, 3.63) is 29.8 Å². The Morgan fingerprint density at radius 1 is 1.16 bits per heavy atom. The zero-order chi connectivity index (χ0) is 18.6. The van der Waals surface area contributed by atoms with Crippen LogP contribution in [0.4, 0.5) is 0 Å². The number of piperidine rings is 1. The molecule has 1 amide bonds. The molecule has 2 rings (SSSR count). The van der Waals surface area contributed by atoms with Crippen LogP contribution in [-0.2, 0) is 19.4 Å². The average molecular weight is 367 g/mol. The molecule has 25 heavy (non-hydrogen) atoms. The zero-order valence-electron chi connectivity index (χ0n) is 14.9. The fraction of sp³-hybridized carbons (Fsp3) is 0.556. The lowest BCUT2D eigenvalue weighted by molar-refractivity contribution is -0.137. The highest BCUT2D eigenvalue weighted by Gasteiger charge is 2.27. The summed E-state index contributed by atoms with van der Waals surface area (Å²) in [5, 5.41) is 0. The number of hydrogen-bond acceptors (Lipinski definition) is 5. The van der Waals surface area contributed by atoms with Gasteiger partial charge in [0.2, 0.25) is 0 Å². The van der Waals surface area contributed by atoms with Crippen molar-refractivity contribution in [1.82, 2.24) is 4.90 Å². The first-order valence-corrected chi connectivity index (χ1v) is 10.2. The highest BCUT2D eigenvalue weighted by molar-refractivity contribution is 7.91. The topological polar surface area (TPSA) is 80.7 Å². The molecule has 6 nitrogen and oxygen atoms in total. The summed E-state index contributed by atoms with van der Waals surface area (Å²) >= 11 is 0. The molecule has 138 valence electrons. The average Bonchev–Trinajstić information content (AvgIpc) is 2.58. The Morgan fingerprint density at radius 3 is 2.36 bits per heavy atom. The quantitative estimate of drug-likeness (QED) is 0.745. The van der Waals surface area contributed by atoms with E-state index in [0.29, 0.717) is 24.9 Å². The molecule has 2 atom stereocenters. The van der Waals surface area contributed by atoms with Crippen molar-refractivity contribution in [2.75, 3.05) is 25.4 Å². The van der Waals surface area contributed by atoms with Gasteiger partial charge in [0.25, 0.3) is 5.91 Å². The maximum atomic E-state index is 12.3. The molecule has 7 heteroatoms. The molecule has 1 aliphatic heterocycles. The smallest absolute Gasteiger partial charge is 0.339 e. The molecule has 1 fully saturated rings. The molecule has 0 radical (unpaired) electrons. The van der Waals surface area contributed by atoms with Crippen LogP contribution in [-0.4, -0.2) is 50.6 Å². The van der Waals surface area contributed by atoms with Crippen molar-refractivity contribution >= 4 is 21.7 Å². The van der Waals surface area contributed by atoms with Crippen molar-refractivity contribution < 1.29 is 22.7 Å². The predicted octanol–water partition coefficient (Wildman–Crippen LogP) is 2.14. The Hall–Kier alpha value is -1.89. The van der Waals surface area contributed by atoms with Crippen LogP contribution in [0.25, 0.3) is 0 Å². The third kappa shape index (κ3) is 4.81. The number of benzene rings is 1. The van der Waals surface area contributed by atoms with Gasteiger partial charge in [-0.05, 0) is 30.4 Å².